The van der Waals surface area contributed by atoms with Gasteiger partial charge in [-0.3, -0.25) is 4.90 Å². The van der Waals surface area contributed by atoms with E-state index in [0.29, 0.717) is 0 Å². The minimum Gasteiger partial charge on any atom is -0.399 e. The average Bonchev–Trinajstić information content (AvgIpc) is 2.26. The third kappa shape index (κ3) is 2.79. The first-order valence-corrected chi connectivity index (χ1v) is 6.17. The lowest BCUT2D eigenvalue weighted by molar-refractivity contribution is -0.0552. The first-order valence-electron chi connectivity index (χ1n) is 6.17. The van der Waals surface area contributed by atoms with Crippen LogP contribution in [0.4, 0.5) is 5.69 Å². The third-order valence-electron chi connectivity index (χ3n) is 3.52. The Morgan fingerprint density at radius 1 is 1.41 bits per heavy atom. The Kier molecular flexibility index (Phi) is 3.40. The predicted octanol–water partition coefficient (Wildman–Crippen LogP) is 2.19. The van der Waals surface area contributed by atoms with E-state index in [9.17, 15) is 0 Å². The molecule has 3 nitrogen and oxygen atoms in total. The largest absolute Gasteiger partial charge is 0.399 e. The molecule has 3 heteroatoms. The fourth-order valence-electron chi connectivity index (χ4n) is 2.24. The average molecular weight is 234 g/mol. The van der Waals surface area contributed by atoms with Crippen molar-refractivity contribution in [3.63, 3.8) is 0 Å². The number of hydrogen-bond donors (Lipinski definition) is 1. The van der Waals surface area contributed by atoms with Gasteiger partial charge in [0.15, 0.2) is 0 Å². The van der Waals surface area contributed by atoms with Crippen molar-refractivity contribution >= 4 is 5.69 Å². The minimum absolute atomic E-state index is 0.119. The molecule has 0 saturated carbocycles. The summed E-state index contributed by atoms with van der Waals surface area (Å²) in [6.45, 7) is 10.1. The number of hydrogen-bond acceptors (Lipinski definition) is 3. The van der Waals surface area contributed by atoms with Crippen LogP contribution in [0, 0.1) is 6.92 Å². The van der Waals surface area contributed by atoms with Gasteiger partial charge in [-0.25, -0.2) is 0 Å². The fourth-order valence-corrected chi connectivity index (χ4v) is 2.24. The summed E-state index contributed by atoms with van der Waals surface area (Å²) in [6.07, 6.45) is 0. The Balaban J connectivity index is 2.11. The Hall–Kier alpha value is -1.06. The van der Waals surface area contributed by atoms with Crippen molar-refractivity contribution in [2.75, 3.05) is 25.5 Å². The van der Waals surface area contributed by atoms with Gasteiger partial charge >= 0.3 is 0 Å². The number of rotatable bonds is 2. The number of nitrogens with two attached hydrogens (primary N) is 1. The molecule has 0 amide bonds. The van der Waals surface area contributed by atoms with Crippen LogP contribution in [0.2, 0.25) is 0 Å². The lowest BCUT2D eigenvalue weighted by atomic mass is 10.0. The van der Waals surface area contributed by atoms with Crippen LogP contribution >= 0.6 is 0 Å². The number of nitrogens with zero attached hydrogens (tertiary/aromatic N) is 1. The van der Waals surface area contributed by atoms with Crippen molar-refractivity contribution < 1.29 is 4.74 Å². The maximum Gasteiger partial charge on any atom is 0.0645 e. The number of ether oxygens (including phenoxy) is 1. The van der Waals surface area contributed by atoms with Gasteiger partial charge in [-0.2, -0.15) is 0 Å². The fraction of sp³-hybridized carbons (Fsp3) is 0.571. The summed E-state index contributed by atoms with van der Waals surface area (Å²) in [7, 11) is 0. The molecule has 0 radical (unpaired) electrons. The molecule has 94 valence electrons. The Morgan fingerprint density at radius 2 is 2.18 bits per heavy atom. The highest BCUT2D eigenvalue weighted by Crippen LogP contribution is 2.22. The smallest absolute Gasteiger partial charge is 0.0645 e. The summed E-state index contributed by atoms with van der Waals surface area (Å²) in [5.74, 6) is 0. The molecule has 1 heterocycles. The molecular formula is C14H22N2O. The Bertz CT molecular complexity index is 401. The molecule has 0 unspecified atom stereocenters. The van der Waals surface area contributed by atoms with Gasteiger partial charge in [-0.05, 0) is 38.0 Å². The molecule has 1 aliphatic rings. The first-order chi connectivity index (χ1) is 7.99. The molecule has 1 aliphatic heterocycles. The standard InChI is InChI=1S/C14H22N2O/c1-11-8-12(4-5-13(11)15)9-16-6-7-17-10-14(16,2)3/h4-5,8H,6-7,9-10,15H2,1-3H3. The maximum absolute atomic E-state index is 5.84. The van der Waals surface area contributed by atoms with Crippen LogP contribution in [0.15, 0.2) is 18.2 Å². The van der Waals surface area contributed by atoms with Gasteiger partial charge in [0, 0.05) is 24.3 Å². The molecule has 1 saturated heterocycles. The molecule has 0 atom stereocenters. The topological polar surface area (TPSA) is 38.5 Å². The van der Waals surface area contributed by atoms with Gasteiger partial charge < -0.3 is 10.5 Å². The third-order valence-corrected chi connectivity index (χ3v) is 3.52. The number of benzene rings is 1. The Labute approximate surface area is 104 Å². The highest BCUT2D eigenvalue weighted by Gasteiger charge is 2.30. The van der Waals surface area contributed by atoms with Crippen molar-refractivity contribution in [1.29, 1.82) is 0 Å². The van der Waals surface area contributed by atoms with Gasteiger partial charge in [0.2, 0.25) is 0 Å². The van der Waals surface area contributed by atoms with Crippen molar-refractivity contribution in [3.05, 3.63) is 29.3 Å². The van der Waals surface area contributed by atoms with E-state index in [0.717, 1.165) is 37.6 Å². The highest BCUT2D eigenvalue weighted by atomic mass is 16.5. The van der Waals surface area contributed by atoms with Crippen LogP contribution in [0.3, 0.4) is 0 Å². The van der Waals surface area contributed by atoms with Gasteiger partial charge in [0.25, 0.3) is 0 Å². The summed E-state index contributed by atoms with van der Waals surface area (Å²) < 4.78 is 5.53. The molecule has 0 bridgehead atoms. The van der Waals surface area contributed by atoms with Crippen LogP contribution in [0.25, 0.3) is 0 Å². The van der Waals surface area contributed by atoms with Crippen LogP contribution in [0.5, 0.6) is 0 Å². The zero-order valence-electron chi connectivity index (χ0n) is 11.0. The number of morpholine rings is 1. The van der Waals surface area contributed by atoms with E-state index >= 15 is 0 Å². The monoisotopic (exact) mass is 234 g/mol. The van der Waals surface area contributed by atoms with Crippen LogP contribution < -0.4 is 5.73 Å². The normalized spacial score (nSPS) is 20.4. The van der Waals surface area contributed by atoms with Crippen LogP contribution in [0.1, 0.15) is 25.0 Å². The van der Waals surface area contributed by atoms with E-state index in [-0.39, 0.29) is 5.54 Å². The summed E-state index contributed by atoms with van der Waals surface area (Å²) in [5.41, 5.74) is 9.32. The van der Waals surface area contributed by atoms with E-state index in [2.05, 4.69) is 37.8 Å². The van der Waals surface area contributed by atoms with Crippen LogP contribution in [-0.4, -0.2) is 30.2 Å². The molecule has 1 aromatic carbocycles. The second-order valence-electron chi connectivity index (χ2n) is 5.48. The molecule has 2 N–H and O–H groups in total. The minimum atomic E-state index is 0.119. The molecule has 2 rings (SSSR count). The van der Waals surface area contributed by atoms with E-state index in [1.807, 2.05) is 6.07 Å². The van der Waals surface area contributed by atoms with E-state index in [4.69, 9.17) is 10.5 Å². The first kappa shape index (κ1) is 12.4. The zero-order valence-corrected chi connectivity index (χ0v) is 11.0. The lowest BCUT2D eigenvalue weighted by Gasteiger charge is -2.42. The van der Waals surface area contributed by atoms with E-state index < -0.39 is 0 Å². The van der Waals surface area contributed by atoms with Crippen LogP contribution in [-0.2, 0) is 11.3 Å². The molecule has 0 aliphatic carbocycles. The summed E-state index contributed by atoms with van der Waals surface area (Å²) >= 11 is 0. The number of nitrogen functional groups attached to an aromatic ring is 1. The number of anilines is 1. The number of aryl methyl sites for hydroxylation is 1. The van der Waals surface area contributed by atoms with Gasteiger partial charge in [0.05, 0.1) is 13.2 Å². The molecular weight excluding hydrogens is 212 g/mol. The summed E-state index contributed by atoms with van der Waals surface area (Å²) in [6, 6.07) is 6.30. The van der Waals surface area contributed by atoms with Gasteiger partial charge in [0.1, 0.15) is 0 Å². The van der Waals surface area contributed by atoms with E-state index in [1.165, 1.54) is 5.56 Å². The zero-order chi connectivity index (χ0) is 12.5. The second-order valence-corrected chi connectivity index (χ2v) is 5.48. The SMILES string of the molecule is Cc1cc(CN2CCOCC2(C)C)ccc1N. The predicted molar refractivity (Wildman–Crippen MR) is 70.9 cm³/mol. The molecule has 17 heavy (non-hydrogen) atoms. The summed E-state index contributed by atoms with van der Waals surface area (Å²) in [5, 5.41) is 0. The van der Waals surface area contributed by atoms with Gasteiger partial charge in [-0.15, -0.1) is 0 Å². The van der Waals surface area contributed by atoms with Crippen molar-refractivity contribution in [3.8, 4) is 0 Å². The molecule has 0 aromatic heterocycles. The second kappa shape index (κ2) is 4.67. The van der Waals surface area contributed by atoms with E-state index in [1.54, 1.807) is 0 Å². The molecule has 0 spiro atoms. The van der Waals surface area contributed by atoms with Crippen molar-refractivity contribution in [1.82, 2.24) is 4.90 Å². The highest BCUT2D eigenvalue weighted by molar-refractivity contribution is 5.47. The van der Waals surface area contributed by atoms with Crippen molar-refractivity contribution in [2.24, 2.45) is 0 Å². The maximum atomic E-state index is 5.84. The lowest BCUT2D eigenvalue weighted by Crippen LogP contribution is -2.52. The molecule has 1 aromatic rings. The summed E-state index contributed by atoms with van der Waals surface area (Å²) in [4.78, 5) is 2.47. The quantitative estimate of drug-likeness (QED) is 0.797. The van der Waals surface area contributed by atoms with Crippen molar-refractivity contribution in [2.45, 2.75) is 32.9 Å². The Morgan fingerprint density at radius 3 is 2.82 bits per heavy atom. The molecule has 1 fully saturated rings. The van der Waals surface area contributed by atoms with Gasteiger partial charge in [-0.1, -0.05) is 12.1 Å².